The quantitative estimate of drug-likeness (QED) is 0.692. The van der Waals surface area contributed by atoms with Crippen molar-refractivity contribution in [3.05, 3.63) is 22.8 Å². The summed E-state index contributed by atoms with van der Waals surface area (Å²) in [7, 11) is 0. The number of hydrogen-bond donors (Lipinski definition) is 1. The third-order valence-corrected chi connectivity index (χ3v) is 2.28. The SMILES string of the molecule is CC(C)(C)N1C=C(Br)C=CC1N. The Labute approximate surface area is 82.2 Å². The summed E-state index contributed by atoms with van der Waals surface area (Å²) in [6.45, 7) is 6.42. The average Bonchev–Trinajstić information content (AvgIpc) is 1.92. The van der Waals surface area contributed by atoms with Crippen molar-refractivity contribution in [1.82, 2.24) is 4.90 Å². The molecule has 0 aromatic carbocycles. The molecule has 1 aliphatic rings. The fourth-order valence-corrected chi connectivity index (χ4v) is 1.56. The molecule has 0 spiro atoms. The van der Waals surface area contributed by atoms with Gasteiger partial charge in [-0.3, -0.25) is 0 Å². The highest BCUT2D eigenvalue weighted by atomic mass is 79.9. The van der Waals surface area contributed by atoms with Crippen LogP contribution in [0.5, 0.6) is 0 Å². The fraction of sp³-hybridized carbons (Fsp3) is 0.556. The zero-order valence-corrected chi connectivity index (χ0v) is 9.30. The molecule has 0 saturated carbocycles. The van der Waals surface area contributed by atoms with Gasteiger partial charge in [-0.05, 0) is 48.9 Å². The minimum Gasteiger partial charge on any atom is -0.353 e. The zero-order chi connectivity index (χ0) is 9.35. The number of allylic oxidation sites excluding steroid dienone is 2. The molecule has 68 valence electrons. The highest BCUT2D eigenvalue weighted by Crippen LogP contribution is 2.23. The van der Waals surface area contributed by atoms with Gasteiger partial charge in [-0.1, -0.05) is 0 Å². The summed E-state index contributed by atoms with van der Waals surface area (Å²) in [6, 6.07) is 0. The lowest BCUT2D eigenvalue weighted by atomic mass is 10.0. The third kappa shape index (κ3) is 2.11. The van der Waals surface area contributed by atoms with Gasteiger partial charge in [-0.25, -0.2) is 0 Å². The van der Waals surface area contributed by atoms with E-state index in [4.69, 9.17) is 5.73 Å². The summed E-state index contributed by atoms with van der Waals surface area (Å²) in [4.78, 5) is 2.12. The van der Waals surface area contributed by atoms with Crippen LogP contribution in [-0.2, 0) is 0 Å². The van der Waals surface area contributed by atoms with Crippen molar-refractivity contribution >= 4 is 15.9 Å². The molecule has 2 nitrogen and oxygen atoms in total. The van der Waals surface area contributed by atoms with E-state index in [9.17, 15) is 0 Å². The van der Waals surface area contributed by atoms with Gasteiger partial charge in [-0.2, -0.15) is 0 Å². The maximum Gasteiger partial charge on any atom is 0.0965 e. The van der Waals surface area contributed by atoms with Gasteiger partial charge < -0.3 is 10.6 Å². The second-order valence-corrected chi connectivity index (χ2v) is 4.86. The fourth-order valence-electron chi connectivity index (χ4n) is 1.19. The Bertz CT molecular complexity index is 225. The van der Waals surface area contributed by atoms with Crippen LogP contribution in [0.1, 0.15) is 20.8 Å². The van der Waals surface area contributed by atoms with Gasteiger partial charge in [0.1, 0.15) is 0 Å². The van der Waals surface area contributed by atoms with Gasteiger partial charge in [-0.15, -0.1) is 0 Å². The van der Waals surface area contributed by atoms with E-state index in [2.05, 4.69) is 41.6 Å². The predicted molar refractivity (Wildman–Crippen MR) is 55.7 cm³/mol. The normalized spacial score (nSPS) is 24.2. The van der Waals surface area contributed by atoms with Crippen LogP contribution in [0, 0.1) is 0 Å². The Hall–Kier alpha value is -0.280. The zero-order valence-electron chi connectivity index (χ0n) is 7.71. The summed E-state index contributed by atoms with van der Waals surface area (Å²) >= 11 is 3.43. The van der Waals surface area contributed by atoms with Crippen molar-refractivity contribution in [2.75, 3.05) is 0 Å². The van der Waals surface area contributed by atoms with Gasteiger partial charge in [0.15, 0.2) is 0 Å². The van der Waals surface area contributed by atoms with E-state index in [0.29, 0.717) is 0 Å². The number of rotatable bonds is 0. The largest absolute Gasteiger partial charge is 0.353 e. The summed E-state index contributed by atoms with van der Waals surface area (Å²) in [5.74, 6) is 0. The average molecular weight is 231 g/mol. The van der Waals surface area contributed by atoms with Crippen molar-refractivity contribution in [2.24, 2.45) is 5.73 Å². The maximum absolute atomic E-state index is 5.90. The first kappa shape index (κ1) is 9.81. The summed E-state index contributed by atoms with van der Waals surface area (Å²) < 4.78 is 1.07. The van der Waals surface area contributed by atoms with E-state index in [1.807, 2.05) is 18.4 Å². The number of halogens is 1. The number of hydrogen-bond acceptors (Lipinski definition) is 2. The molecular formula is C9H15BrN2. The van der Waals surface area contributed by atoms with E-state index in [0.717, 1.165) is 4.48 Å². The molecule has 0 radical (unpaired) electrons. The second-order valence-electron chi connectivity index (χ2n) is 3.94. The monoisotopic (exact) mass is 230 g/mol. The van der Waals surface area contributed by atoms with Crippen LogP contribution in [0.25, 0.3) is 0 Å². The lowest BCUT2D eigenvalue weighted by Crippen LogP contribution is -2.49. The number of nitrogens with zero attached hydrogens (tertiary/aromatic N) is 1. The Balaban J connectivity index is 2.85. The summed E-state index contributed by atoms with van der Waals surface area (Å²) in [5, 5.41) is 0. The molecule has 1 unspecified atom stereocenters. The maximum atomic E-state index is 5.90. The Morgan fingerprint density at radius 3 is 2.50 bits per heavy atom. The third-order valence-electron chi connectivity index (χ3n) is 1.81. The second kappa shape index (κ2) is 3.23. The molecular weight excluding hydrogens is 216 g/mol. The molecule has 0 amide bonds. The highest BCUT2D eigenvalue weighted by Gasteiger charge is 2.24. The minimum atomic E-state index is -0.00806. The van der Waals surface area contributed by atoms with Crippen molar-refractivity contribution in [3.8, 4) is 0 Å². The van der Waals surface area contributed by atoms with Crippen molar-refractivity contribution in [3.63, 3.8) is 0 Å². The van der Waals surface area contributed by atoms with Crippen LogP contribution >= 0.6 is 15.9 Å². The molecule has 3 heteroatoms. The molecule has 0 aromatic rings. The molecule has 1 heterocycles. The molecule has 1 rings (SSSR count). The van der Waals surface area contributed by atoms with Crippen LogP contribution in [0.15, 0.2) is 22.8 Å². The van der Waals surface area contributed by atoms with Gasteiger partial charge >= 0.3 is 0 Å². The van der Waals surface area contributed by atoms with Crippen LogP contribution in [0.3, 0.4) is 0 Å². The van der Waals surface area contributed by atoms with Gasteiger partial charge in [0, 0.05) is 16.2 Å². The summed E-state index contributed by atoms with van der Waals surface area (Å²) in [6.07, 6.45) is 5.98. The molecule has 12 heavy (non-hydrogen) atoms. The first-order valence-corrected chi connectivity index (χ1v) is 4.80. The number of nitrogens with two attached hydrogens (primary N) is 1. The van der Waals surface area contributed by atoms with Gasteiger partial charge in [0.2, 0.25) is 0 Å². The molecule has 1 atom stereocenters. The van der Waals surface area contributed by atoms with Gasteiger partial charge in [0.25, 0.3) is 0 Å². The first-order valence-electron chi connectivity index (χ1n) is 4.01. The van der Waals surface area contributed by atoms with Crippen molar-refractivity contribution in [2.45, 2.75) is 32.5 Å². The Kier molecular flexibility index (Phi) is 2.64. The molecule has 0 fully saturated rings. The molecule has 0 aliphatic carbocycles. The van der Waals surface area contributed by atoms with Crippen molar-refractivity contribution in [1.29, 1.82) is 0 Å². The molecule has 1 aliphatic heterocycles. The Morgan fingerprint density at radius 1 is 1.50 bits per heavy atom. The van der Waals surface area contributed by atoms with Crippen molar-refractivity contribution < 1.29 is 0 Å². The van der Waals surface area contributed by atoms with Crippen LogP contribution < -0.4 is 5.73 Å². The highest BCUT2D eigenvalue weighted by molar-refractivity contribution is 9.11. The lowest BCUT2D eigenvalue weighted by Gasteiger charge is -2.39. The Morgan fingerprint density at radius 2 is 2.08 bits per heavy atom. The van der Waals surface area contributed by atoms with E-state index in [-0.39, 0.29) is 11.7 Å². The van der Waals surface area contributed by atoms with Crippen LogP contribution in [0.4, 0.5) is 0 Å². The predicted octanol–water partition coefficient (Wildman–Crippen LogP) is 2.18. The van der Waals surface area contributed by atoms with Crippen LogP contribution in [0.2, 0.25) is 0 Å². The molecule has 0 saturated heterocycles. The lowest BCUT2D eigenvalue weighted by molar-refractivity contribution is 0.171. The topological polar surface area (TPSA) is 29.3 Å². The minimum absolute atomic E-state index is 0.00806. The summed E-state index contributed by atoms with van der Waals surface area (Å²) in [5.41, 5.74) is 5.97. The molecule has 2 N–H and O–H groups in total. The smallest absolute Gasteiger partial charge is 0.0965 e. The van der Waals surface area contributed by atoms with E-state index < -0.39 is 0 Å². The van der Waals surface area contributed by atoms with E-state index in [1.54, 1.807) is 0 Å². The standard InChI is InChI=1S/C9H15BrN2/c1-9(2,3)12-6-7(10)4-5-8(12)11/h4-6,8H,11H2,1-3H3. The van der Waals surface area contributed by atoms with E-state index >= 15 is 0 Å². The molecule has 0 bridgehead atoms. The van der Waals surface area contributed by atoms with Crippen LogP contribution in [-0.4, -0.2) is 16.6 Å². The first-order chi connectivity index (χ1) is 5.41. The van der Waals surface area contributed by atoms with E-state index in [1.165, 1.54) is 0 Å². The van der Waals surface area contributed by atoms with Gasteiger partial charge in [0.05, 0.1) is 6.17 Å². The molecule has 0 aromatic heterocycles.